The van der Waals surface area contributed by atoms with Gasteiger partial charge in [0.1, 0.15) is 12.2 Å². The Hall–Kier alpha value is -1.75. The molecule has 1 unspecified atom stereocenters. The molecule has 2 aliphatic carbocycles. The predicted octanol–water partition coefficient (Wildman–Crippen LogP) is -1.37. The van der Waals surface area contributed by atoms with E-state index in [0.717, 1.165) is 0 Å². The summed E-state index contributed by atoms with van der Waals surface area (Å²) >= 11 is 0. The molecule has 4 saturated heterocycles. The van der Waals surface area contributed by atoms with Crippen molar-refractivity contribution in [2.45, 2.75) is 76.0 Å². The van der Waals surface area contributed by atoms with Crippen molar-refractivity contribution in [3.63, 3.8) is 0 Å². The van der Waals surface area contributed by atoms with Gasteiger partial charge in [0.15, 0.2) is 11.7 Å². The maximum atomic E-state index is 13.4. The molecule has 6 rings (SSSR count). The summed E-state index contributed by atoms with van der Waals surface area (Å²) in [5, 5.41) is 34.4. The molecule has 10 nitrogen and oxygen atoms in total. The summed E-state index contributed by atoms with van der Waals surface area (Å²) in [5.74, 6) is -4.43. The first-order valence-corrected chi connectivity index (χ1v) is 10.2. The minimum Gasteiger partial charge on any atom is -0.459 e. The maximum absolute atomic E-state index is 13.4. The van der Waals surface area contributed by atoms with Crippen LogP contribution in [0.2, 0.25) is 0 Å². The minimum absolute atomic E-state index is 0.107. The average Bonchev–Trinajstić information content (AvgIpc) is 3.32. The Morgan fingerprint density at radius 1 is 1.03 bits per heavy atom. The molecular formula is C20H24O10. The number of rotatable bonds is 0. The summed E-state index contributed by atoms with van der Waals surface area (Å²) in [6.07, 6.45) is -6.73. The van der Waals surface area contributed by atoms with Crippen LogP contribution in [-0.4, -0.2) is 75.1 Å². The Kier molecular flexibility index (Phi) is 2.97. The molecule has 0 amide bonds. The minimum atomic E-state index is -2.12. The Morgan fingerprint density at radius 3 is 2.33 bits per heavy atom. The molecule has 0 radical (unpaired) electrons. The van der Waals surface area contributed by atoms with Crippen molar-refractivity contribution in [1.82, 2.24) is 0 Å². The van der Waals surface area contributed by atoms with Gasteiger partial charge < -0.3 is 34.3 Å². The zero-order valence-electron chi connectivity index (χ0n) is 16.9. The summed E-state index contributed by atoms with van der Waals surface area (Å²) in [7, 11) is 0. The van der Waals surface area contributed by atoms with Gasteiger partial charge in [0.25, 0.3) is 0 Å². The van der Waals surface area contributed by atoms with Crippen LogP contribution >= 0.6 is 0 Å². The largest absolute Gasteiger partial charge is 0.459 e. The number of esters is 3. The molecule has 3 N–H and O–H groups in total. The van der Waals surface area contributed by atoms with Crippen LogP contribution in [0.4, 0.5) is 0 Å². The summed E-state index contributed by atoms with van der Waals surface area (Å²) in [5.41, 5.74) is -7.95. The van der Waals surface area contributed by atoms with Gasteiger partial charge in [0, 0.05) is 12.3 Å². The van der Waals surface area contributed by atoms with Gasteiger partial charge in [0.05, 0.1) is 22.9 Å². The highest BCUT2D eigenvalue weighted by Crippen LogP contribution is 2.84. The quantitative estimate of drug-likeness (QED) is 0.314. The zero-order chi connectivity index (χ0) is 21.8. The highest BCUT2D eigenvalue weighted by molar-refractivity contribution is 5.93. The highest BCUT2D eigenvalue weighted by atomic mass is 16.8. The fourth-order valence-corrected chi connectivity index (χ4v) is 8.22. The second kappa shape index (κ2) is 4.69. The topological polar surface area (TPSA) is 149 Å². The number of aliphatic hydroxyl groups is 3. The van der Waals surface area contributed by atoms with E-state index in [1.54, 1.807) is 0 Å². The average molecular weight is 424 g/mol. The van der Waals surface area contributed by atoms with Crippen molar-refractivity contribution in [3.05, 3.63) is 0 Å². The first-order chi connectivity index (χ1) is 13.8. The highest BCUT2D eigenvalue weighted by Gasteiger charge is 3.02. The first-order valence-electron chi connectivity index (χ1n) is 10.2. The van der Waals surface area contributed by atoms with Crippen molar-refractivity contribution >= 4 is 17.9 Å². The van der Waals surface area contributed by atoms with E-state index in [9.17, 15) is 29.7 Å². The molecular weight excluding hydrogens is 400 g/mol. The molecule has 164 valence electrons. The Labute approximate surface area is 171 Å². The van der Waals surface area contributed by atoms with E-state index in [0.29, 0.717) is 0 Å². The second-order valence-electron chi connectivity index (χ2n) is 10.7. The zero-order valence-corrected chi connectivity index (χ0v) is 16.9. The van der Waals surface area contributed by atoms with E-state index in [2.05, 4.69) is 0 Å². The SMILES string of the molecule is C[C@@H]1C(=O)O[C@@H]2CC34[C@@H]5OC(=O)[C@]3(O[C@H]3OC(=O)[C@@H](O)[C@]34[C@H](C(C)(C)C)[C@@H]5O)[C@]12O. The van der Waals surface area contributed by atoms with Crippen molar-refractivity contribution in [2.75, 3.05) is 0 Å². The molecule has 0 bridgehead atoms. The van der Waals surface area contributed by atoms with Gasteiger partial charge in [-0.2, -0.15) is 0 Å². The van der Waals surface area contributed by atoms with Crippen LogP contribution in [0.1, 0.15) is 34.1 Å². The van der Waals surface area contributed by atoms with Crippen LogP contribution in [0.25, 0.3) is 0 Å². The summed E-state index contributed by atoms with van der Waals surface area (Å²) in [6.45, 7) is 6.97. The lowest BCUT2D eigenvalue weighted by Gasteiger charge is -2.46. The third-order valence-corrected chi connectivity index (χ3v) is 8.91. The predicted molar refractivity (Wildman–Crippen MR) is 92.0 cm³/mol. The van der Waals surface area contributed by atoms with Gasteiger partial charge >= 0.3 is 17.9 Å². The third-order valence-electron chi connectivity index (χ3n) is 8.91. The molecule has 4 heterocycles. The molecule has 6 aliphatic rings. The second-order valence-corrected chi connectivity index (χ2v) is 10.7. The monoisotopic (exact) mass is 424 g/mol. The van der Waals surface area contributed by atoms with Gasteiger partial charge in [-0.25, -0.2) is 9.59 Å². The van der Waals surface area contributed by atoms with Crippen molar-refractivity contribution in [2.24, 2.45) is 28.1 Å². The van der Waals surface area contributed by atoms with Crippen LogP contribution in [0.15, 0.2) is 0 Å². The van der Waals surface area contributed by atoms with E-state index in [-0.39, 0.29) is 6.42 Å². The van der Waals surface area contributed by atoms with Gasteiger partial charge in [-0.1, -0.05) is 20.8 Å². The van der Waals surface area contributed by atoms with Gasteiger partial charge in [-0.05, 0) is 12.3 Å². The molecule has 0 aromatic carbocycles. The first kappa shape index (κ1) is 19.0. The lowest BCUT2D eigenvalue weighted by molar-refractivity contribution is -0.239. The van der Waals surface area contributed by atoms with Gasteiger partial charge in [-0.3, -0.25) is 4.79 Å². The van der Waals surface area contributed by atoms with Crippen molar-refractivity contribution in [3.8, 4) is 0 Å². The standard InChI is InChI=1S/C20H24O10/c1-6-12(23)27-7-5-17-11-8(21)9(16(2,3)4)18(17)10(22)13(24)29-15(18)30-20(17,14(25)28-11)19(6,7)26/h6-11,15,21-22,26H,5H2,1-4H3/t6-,7-,8+,9+,10-,11-,15-,17?,18-,19+,20-/m1/s1. The maximum Gasteiger partial charge on any atom is 0.342 e. The van der Waals surface area contributed by atoms with E-state index in [4.69, 9.17) is 18.9 Å². The summed E-state index contributed by atoms with van der Waals surface area (Å²) in [4.78, 5) is 38.2. The molecule has 0 aromatic heterocycles. The fraction of sp³-hybridized carbons (Fsp3) is 0.850. The molecule has 2 saturated carbocycles. The molecule has 2 spiro atoms. The molecule has 6 fully saturated rings. The van der Waals surface area contributed by atoms with Gasteiger partial charge in [-0.15, -0.1) is 0 Å². The van der Waals surface area contributed by atoms with E-state index in [1.807, 2.05) is 20.8 Å². The molecule has 0 aromatic rings. The molecule has 11 atom stereocenters. The summed E-state index contributed by atoms with van der Waals surface area (Å²) < 4.78 is 22.6. The summed E-state index contributed by atoms with van der Waals surface area (Å²) in [6, 6.07) is 0. The molecule has 4 aliphatic heterocycles. The number of ether oxygens (including phenoxy) is 4. The molecule has 30 heavy (non-hydrogen) atoms. The Balaban J connectivity index is 1.71. The van der Waals surface area contributed by atoms with Crippen molar-refractivity contribution in [1.29, 1.82) is 0 Å². The van der Waals surface area contributed by atoms with Crippen LogP contribution in [-0.2, 0) is 33.3 Å². The molecule has 10 heteroatoms. The van der Waals surface area contributed by atoms with E-state index < -0.39 is 87.9 Å². The number of aliphatic hydroxyl groups excluding tert-OH is 2. The van der Waals surface area contributed by atoms with Crippen LogP contribution in [0.5, 0.6) is 0 Å². The number of hydrogen-bond acceptors (Lipinski definition) is 10. The van der Waals surface area contributed by atoms with E-state index in [1.165, 1.54) is 6.92 Å². The smallest absolute Gasteiger partial charge is 0.342 e. The Bertz CT molecular complexity index is 925. The third kappa shape index (κ3) is 1.35. The van der Waals surface area contributed by atoms with Crippen molar-refractivity contribution < 1.29 is 48.7 Å². The van der Waals surface area contributed by atoms with E-state index >= 15 is 0 Å². The Morgan fingerprint density at radius 2 is 1.70 bits per heavy atom. The number of carbonyl (C=O) groups excluding carboxylic acids is 3. The number of carbonyl (C=O) groups is 3. The normalized spacial score (nSPS) is 60.1. The lowest BCUT2D eigenvalue weighted by atomic mass is 9.51. The lowest BCUT2D eigenvalue weighted by Crippen LogP contribution is -2.66. The van der Waals surface area contributed by atoms with Gasteiger partial charge in [0.2, 0.25) is 11.9 Å². The number of hydrogen-bond donors (Lipinski definition) is 3. The van der Waals surface area contributed by atoms with Crippen LogP contribution in [0.3, 0.4) is 0 Å². The fourth-order valence-electron chi connectivity index (χ4n) is 8.22. The van der Waals surface area contributed by atoms with Crippen LogP contribution in [0, 0.1) is 28.1 Å². The van der Waals surface area contributed by atoms with Crippen LogP contribution < -0.4 is 0 Å². The number of fused-ring (bicyclic) bond motifs is 1.